The van der Waals surface area contributed by atoms with Crippen LogP contribution in [0.3, 0.4) is 0 Å². The first kappa shape index (κ1) is 7.83. The van der Waals surface area contributed by atoms with E-state index in [0.717, 1.165) is 5.92 Å². The van der Waals surface area contributed by atoms with Crippen LogP contribution in [0.25, 0.3) is 0 Å². The van der Waals surface area contributed by atoms with Gasteiger partial charge in [-0.1, -0.05) is 0 Å². The molecular weight excluding hydrogens is 223 g/mol. The van der Waals surface area contributed by atoms with Gasteiger partial charge in [-0.25, -0.2) is 0 Å². The molecule has 0 radical (unpaired) electrons. The summed E-state index contributed by atoms with van der Waals surface area (Å²) in [6.07, 6.45) is 6.11. The molecule has 9 heavy (non-hydrogen) atoms. The van der Waals surface area contributed by atoms with Crippen molar-refractivity contribution in [3.63, 3.8) is 0 Å². The number of rotatable bonds is 1. The Balaban J connectivity index is 2.23. The quantitative estimate of drug-likeness (QED) is 0.418. The predicted molar refractivity (Wildman–Crippen MR) is 37.3 cm³/mol. The molecule has 0 aromatic heterocycles. The van der Waals surface area contributed by atoms with Crippen LogP contribution < -0.4 is 21.2 Å². The van der Waals surface area contributed by atoms with Crippen LogP contribution in [0.15, 0.2) is 0 Å². The monoisotopic (exact) mass is 239 g/mol. The Bertz CT molecular complexity index is 80.6. The van der Waals surface area contributed by atoms with Gasteiger partial charge in [0.15, 0.2) is 0 Å². The molecular formula is C8H16I-. The molecule has 1 aliphatic rings. The number of alkyl halides is 2. The Morgan fingerprint density at radius 3 is 2.56 bits per heavy atom. The summed E-state index contributed by atoms with van der Waals surface area (Å²) in [6.45, 7) is 2.41. The van der Waals surface area contributed by atoms with Crippen LogP contribution in [0, 0.1) is 5.92 Å². The summed E-state index contributed by atoms with van der Waals surface area (Å²) in [4.78, 5) is 2.43. The molecule has 0 heterocycles. The van der Waals surface area contributed by atoms with E-state index in [-0.39, 0.29) is 0 Å². The van der Waals surface area contributed by atoms with Crippen LogP contribution in [0.2, 0.25) is 0 Å². The summed E-state index contributed by atoms with van der Waals surface area (Å²) in [5, 5.41) is 0. The fraction of sp³-hybridized carbons (Fsp3) is 1.00. The Hall–Kier alpha value is 0.730. The van der Waals surface area contributed by atoms with Gasteiger partial charge >= 0.3 is 68.6 Å². The fourth-order valence-electron chi connectivity index (χ4n) is 1.56. The Labute approximate surface area is 68.7 Å². The molecule has 0 bridgehead atoms. The van der Waals surface area contributed by atoms with Crippen molar-refractivity contribution in [1.82, 2.24) is 0 Å². The SMILES string of the molecule is C[I-]C1CCCC(C)C1. The molecule has 1 fully saturated rings. The second-order valence-corrected chi connectivity index (χ2v) is 6.09. The van der Waals surface area contributed by atoms with Gasteiger partial charge in [-0.15, -0.1) is 0 Å². The van der Waals surface area contributed by atoms with E-state index in [0.29, 0.717) is 21.2 Å². The van der Waals surface area contributed by atoms with E-state index in [1.807, 2.05) is 0 Å². The first-order valence-corrected chi connectivity index (χ1v) is 7.21. The minimum absolute atomic E-state index is 0.559. The molecule has 2 unspecified atom stereocenters. The van der Waals surface area contributed by atoms with Crippen molar-refractivity contribution >= 4 is 0 Å². The van der Waals surface area contributed by atoms with Gasteiger partial charge in [0, 0.05) is 0 Å². The molecule has 56 valence electrons. The summed E-state index contributed by atoms with van der Waals surface area (Å²) in [5.74, 6) is 1.04. The van der Waals surface area contributed by atoms with Gasteiger partial charge in [0.05, 0.1) is 0 Å². The van der Waals surface area contributed by atoms with E-state index in [1.54, 1.807) is 12.8 Å². The molecule has 0 spiro atoms. The van der Waals surface area contributed by atoms with Gasteiger partial charge in [0.2, 0.25) is 0 Å². The Morgan fingerprint density at radius 2 is 2.11 bits per heavy atom. The van der Waals surface area contributed by atoms with E-state index in [1.165, 1.54) is 16.8 Å². The van der Waals surface area contributed by atoms with Gasteiger partial charge in [-0.2, -0.15) is 0 Å². The summed E-state index contributed by atoms with van der Waals surface area (Å²) in [6, 6.07) is 0. The molecule has 0 nitrogen and oxygen atoms in total. The molecule has 1 aliphatic carbocycles. The van der Waals surface area contributed by atoms with Crippen molar-refractivity contribution in [3.8, 4) is 0 Å². The maximum absolute atomic E-state index is 2.43. The van der Waals surface area contributed by atoms with Crippen LogP contribution in [0.5, 0.6) is 0 Å². The second-order valence-electron chi connectivity index (χ2n) is 3.09. The van der Waals surface area contributed by atoms with Crippen LogP contribution in [0.1, 0.15) is 32.6 Å². The molecule has 0 aromatic rings. The molecule has 0 aromatic carbocycles. The number of hydrogen-bond acceptors (Lipinski definition) is 0. The molecule has 0 amide bonds. The van der Waals surface area contributed by atoms with Crippen LogP contribution in [-0.2, 0) is 0 Å². The van der Waals surface area contributed by atoms with Crippen molar-refractivity contribution in [2.24, 2.45) is 5.92 Å². The van der Waals surface area contributed by atoms with Crippen molar-refractivity contribution < 1.29 is 21.2 Å². The fourth-order valence-corrected chi connectivity index (χ4v) is 4.00. The average Bonchev–Trinajstić information content (AvgIpc) is 1.88. The molecule has 0 aliphatic heterocycles. The van der Waals surface area contributed by atoms with Gasteiger partial charge in [-0.3, -0.25) is 0 Å². The summed E-state index contributed by atoms with van der Waals surface area (Å²) in [7, 11) is 0. The van der Waals surface area contributed by atoms with Crippen molar-refractivity contribution in [1.29, 1.82) is 0 Å². The normalized spacial score (nSPS) is 37.1. The summed E-state index contributed by atoms with van der Waals surface area (Å²) in [5.41, 5.74) is 0. The third kappa shape index (κ3) is 2.44. The number of hydrogen-bond donors (Lipinski definition) is 0. The first-order chi connectivity index (χ1) is 4.33. The first-order valence-electron chi connectivity index (χ1n) is 3.81. The van der Waals surface area contributed by atoms with E-state index in [9.17, 15) is 0 Å². The Morgan fingerprint density at radius 1 is 1.33 bits per heavy atom. The third-order valence-electron chi connectivity index (χ3n) is 2.18. The molecule has 0 N–H and O–H groups in total. The van der Waals surface area contributed by atoms with E-state index in [2.05, 4.69) is 11.9 Å². The molecule has 2 atom stereocenters. The van der Waals surface area contributed by atoms with Crippen molar-refractivity contribution in [2.75, 3.05) is 4.93 Å². The summed E-state index contributed by atoms with van der Waals surface area (Å²) < 4.78 is 1.17. The third-order valence-corrected chi connectivity index (χ3v) is 5.07. The summed E-state index contributed by atoms with van der Waals surface area (Å²) >= 11 is 0.559. The van der Waals surface area contributed by atoms with Gasteiger partial charge in [0.25, 0.3) is 0 Å². The van der Waals surface area contributed by atoms with Crippen LogP contribution in [0.4, 0.5) is 0 Å². The molecule has 0 saturated heterocycles. The van der Waals surface area contributed by atoms with Crippen LogP contribution >= 0.6 is 0 Å². The van der Waals surface area contributed by atoms with Gasteiger partial charge < -0.3 is 0 Å². The van der Waals surface area contributed by atoms with E-state index in [4.69, 9.17) is 0 Å². The standard InChI is InChI=1S/C8H16I/c1-7-4-3-5-8(6-7)9-2/h7-8H,3-6H2,1-2H3/q-1. The zero-order valence-corrected chi connectivity index (χ0v) is 8.52. The number of halogens is 1. The van der Waals surface area contributed by atoms with Crippen molar-refractivity contribution in [2.45, 2.75) is 36.5 Å². The van der Waals surface area contributed by atoms with Crippen LogP contribution in [-0.4, -0.2) is 8.86 Å². The van der Waals surface area contributed by atoms with Crippen molar-refractivity contribution in [3.05, 3.63) is 0 Å². The molecule has 1 rings (SSSR count). The second kappa shape index (κ2) is 3.79. The van der Waals surface area contributed by atoms with E-state index >= 15 is 0 Å². The van der Waals surface area contributed by atoms with E-state index < -0.39 is 0 Å². The zero-order valence-electron chi connectivity index (χ0n) is 6.36. The topological polar surface area (TPSA) is 0 Å². The zero-order chi connectivity index (χ0) is 6.69. The molecule has 1 saturated carbocycles. The molecule has 1 heteroatoms. The predicted octanol–water partition coefficient (Wildman–Crippen LogP) is -0.716. The maximum atomic E-state index is 2.43. The Kier molecular flexibility index (Phi) is 3.30. The minimum atomic E-state index is 0.559. The van der Waals surface area contributed by atoms with Gasteiger partial charge in [0.1, 0.15) is 0 Å². The average molecular weight is 239 g/mol. The van der Waals surface area contributed by atoms with Gasteiger partial charge in [-0.05, 0) is 0 Å².